The van der Waals surface area contributed by atoms with Crippen molar-refractivity contribution in [3.8, 4) is 11.5 Å². The van der Waals surface area contributed by atoms with E-state index in [0.29, 0.717) is 32.8 Å². The first kappa shape index (κ1) is 21.5. The van der Waals surface area contributed by atoms with Crippen LogP contribution in [-0.4, -0.2) is 37.3 Å². The van der Waals surface area contributed by atoms with Crippen molar-refractivity contribution < 1.29 is 19.4 Å². The van der Waals surface area contributed by atoms with E-state index in [1.807, 2.05) is 54.6 Å². The number of rotatable bonds is 1. The average molecular weight is 445 g/mol. The maximum absolute atomic E-state index is 10.1. The molecular formula is C27H28N2O4. The topological polar surface area (TPSA) is 72.3 Å². The lowest BCUT2D eigenvalue weighted by Gasteiger charge is -2.39. The second kappa shape index (κ2) is 10.1. The fourth-order valence-electron chi connectivity index (χ4n) is 4.81. The molecule has 170 valence electrons. The zero-order chi connectivity index (χ0) is 22.5. The van der Waals surface area contributed by atoms with Crippen LogP contribution in [0.4, 0.5) is 0 Å². The Hall–Kier alpha value is -3.35. The van der Waals surface area contributed by atoms with E-state index in [4.69, 9.17) is 14.2 Å². The molecule has 3 aromatic carbocycles. The summed E-state index contributed by atoms with van der Waals surface area (Å²) in [7, 11) is 0. The molecule has 2 aliphatic heterocycles. The number of nitrogens with one attached hydrogen (secondary N) is 1. The van der Waals surface area contributed by atoms with Gasteiger partial charge in [0.1, 0.15) is 24.7 Å². The van der Waals surface area contributed by atoms with E-state index >= 15 is 0 Å². The van der Waals surface area contributed by atoms with Gasteiger partial charge in [0.2, 0.25) is 0 Å². The molecular weight excluding hydrogens is 416 g/mol. The van der Waals surface area contributed by atoms with Crippen LogP contribution >= 0.6 is 0 Å². The summed E-state index contributed by atoms with van der Waals surface area (Å²) < 4.78 is 17.9. The quantitative estimate of drug-likeness (QED) is 0.414. The second-order valence-electron chi connectivity index (χ2n) is 8.27. The first-order chi connectivity index (χ1) is 16.3. The number of benzene rings is 3. The normalized spacial score (nSPS) is 24.5. The Morgan fingerprint density at radius 1 is 0.727 bits per heavy atom. The number of hydrogen-bond donors (Lipinski definition) is 2. The number of nitrogens with zero attached hydrogens (tertiary/aromatic N) is 1. The first-order valence-corrected chi connectivity index (χ1v) is 11.4. The van der Waals surface area contributed by atoms with Crippen molar-refractivity contribution in [2.45, 2.75) is 24.4 Å². The molecule has 0 aliphatic carbocycles. The van der Waals surface area contributed by atoms with Gasteiger partial charge >= 0.3 is 0 Å². The summed E-state index contributed by atoms with van der Waals surface area (Å²) in [6, 6.07) is 26.0. The van der Waals surface area contributed by atoms with Gasteiger partial charge in [0.25, 0.3) is 0 Å². The Kier molecular flexibility index (Phi) is 6.56. The molecule has 3 aromatic rings. The molecule has 6 nitrogen and oxygen atoms in total. The van der Waals surface area contributed by atoms with Crippen LogP contribution in [0.3, 0.4) is 0 Å². The Morgan fingerprint density at radius 2 is 1.33 bits per heavy atom. The maximum Gasteiger partial charge on any atom is 0.124 e. The zero-order valence-corrected chi connectivity index (χ0v) is 18.4. The highest BCUT2D eigenvalue weighted by molar-refractivity contribution is 5.93. The lowest BCUT2D eigenvalue weighted by Crippen LogP contribution is -2.41. The molecule has 2 aliphatic rings. The fraction of sp³-hybridized carbons (Fsp3) is 0.296. The number of hydrogen-bond acceptors (Lipinski definition) is 6. The van der Waals surface area contributed by atoms with Gasteiger partial charge in [-0.05, 0) is 17.7 Å². The van der Waals surface area contributed by atoms with Crippen molar-refractivity contribution in [2.24, 2.45) is 5.16 Å². The van der Waals surface area contributed by atoms with Crippen LogP contribution in [0.2, 0.25) is 0 Å². The predicted molar refractivity (Wildman–Crippen MR) is 126 cm³/mol. The number of piperidine rings is 1. The monoisotopic (exact) mass is 444 g/mol. The summed E-state index contributed by atoms with van der Waals surface area (Å²) in [6.07, 6.45) is 0.562. The van der Waals surface area contributed by atoms with Crippen molar-refractivity contribution in [2.75, 3.05) is 26.4 Å². The summed E-state index contributed by atoms with van der Waals surface area (Å²) in [6.45, 7) is 1.86. The van der Waals surface area contributed by atoms with E-state index in [-0.39, 0.29) is 18.0 Å². The number of para-hydroxylation sites is 2. The molecule has 3 unspecified atom stereocenters. The summed E-state index contributed by atoms with van der Waals surface area (Å²) in [5.74, 6) is 1.47. The van der Waals surface area contributed by atoms with Crippen molar-refractivity contribution in [3.63, 3.8) is 0 Å². The number of ether oxygens (including phenoxy) is 3. The van der Waals surface area contributed by atoms with Gasteiger partial charge in [-0.15, -0.1) is 0 Å². The Bertz CT molecular complexity index is 1100. The van der Waals surface area contributed by atoms with Gasteiger partial charge in [-0.2, -0.15) is 0 Å². The largest absolute Gasteiger partial charge is 0.491 e. The third-order valence-corrected chi connectivity index (χ3v) is 6.29. The average Bonchev–Trinajstić information content (AvgIpc) is 2.88. The van der Waals surface area contributed by atoms with Crippen LogP contribution in [-0.2, 0) is 4.74 Å². The summed E-state index contributed by atoms with van der Waals surface area (Å²) in [5, 5.41) is 17.8. The second-order valence-corrected chi connectivity index (χ2v) is 8.27. The highest BCUT2D eigenvalue weighted by Crippen LogP contribution is 2.45. The number of oxime groups is 1. The molecule has 6 heteroatoms. The molecule has 1 saturated heterocycles. The van der Waals surface area contributed by atoms with Crippen LogP contribution in [0.25, 0.3) is 0 Å². The lowest BCUT2D eigenvalue weighted by molar-refractivity contribution is 0.0751. The van der Waals surface area contributed by atoms with Gasteiger partial charge in [0.05, 0.1) is 18.9 Å². The molecule has 5 rings (SSSR count). The summed E-state index contributed by atoms with van der Waals surface area (Å²) >= 11 is 0. The Balaban J connectivity index is 1.64. The SMILES string of the molecule is O/N=C1\CC2NC(c3ccccc3OCCOCCOc3ccccc32)C1c1ccccc1. The molecule has 0 amide bonds. The Labute approximate surface area is 193 Å². The number of fused-ring (bicyclic) bond motifs is 6. The molecule has 0 radical (unpaired) electrons. The maximum atomic E-state index is 10.1. The smallest absolute Gasteiger partial charge is 0.124 e. The molecule has 2 heterocycles. The van der Waals surface area contributed by atoms with E-state index in [1.54, 1.807) is 0 Å². The van der Waals surface area contributed by atoms with Crippen molar-refractivity contribution in [1.82, 2.24) is 5.32 Å². The lowest BCUT2D eigenvalue weighted by atomic mass is 9.76. The zero-order valence-electron chi connectivity index (χ0n) is 18.4. The Morgan fingerprint density at radius 3 is 2.03 bits per heavy atom. The van der Waals surface area contributed by atoms with Gasteiger partial charge in [-0.1, -0.05) is 71.9 Å². The minimum atomic E-state index is -0.162. The molecule has 2 N–H and O–H groups in total. The molecule has 33 heavy (non-hydrogen) atoms. The van der Waals surface area contributed by atoms with Crippen LogP contribution in [0.5, 0.6) is 11.5 Å². The van der Waals surface area contributed by atoms with Gasteiger partial charge in [-0.25, -0.2) is 0 Å². The highest BCUT2D eigenvalue weighted by Gasteiger charge is 2.39. The van der Waals surface area contributed by atoms with Gasteiger partial charge in [-0.3, -0.25) is 0 Å². The fourth-order valence-corrected chi connectivity index (χ4v) is 4.81. The van der Waals surface area contributed by atoms with Crippen molar-refractivity contribution in [1.29, 1.82) is 0 Å². The molecule has 3 atom stereocenters. The third-order valence-electron chi connectivity index (χ3n) is 6.29. The minimum absolute atomic E-state index is 0.0889. The van der Waals surface area contributed by atoms with Crippen molar-refractivity contribution in [3.05, 3.63) is 95.6 Å². The molecule has 2 bridgehead atoms. The molecule has 1 fully saturated rings. The first-order valence-electron chi connectivity index (χ1n) is 11.4. The van der Waals surface area contributed by atoms with E-state index in [0.717, 1.165) is 33.9 Å². The van der Waals surface area contributed by atoms with E-state index in [1.165, 1.54) is 0 Å². The summed E-state index contributed by atoms with van der Waals surface area (Å²) in [4.78, 5) is 0. The van der Waals surface area contributed by atoms with Gasteiger partial charge < -0.3 is 24.7 Å². The van der Waals surface area contributed by atoms with Gasteiger partial charge in [0, 0.05) is 35.5 Å². The van der Waals surface area contributed by atoms with Crippen LogP contribution in [0.1, 0.15) is 41.1 Å². The molecule has 0 aromatic heterocycles. The van der Waals surface area contributed by atoms with E-state index < -0.39 is 0 Å². The third kappa shape index (κ3) is 4.58. The van der Waals surface area contributed by atoms with Crippen molar-refractivity contribution >= 4 is 5.71 Å². The van der Waals surface area contributed by atoms with Gasteiger partial charge in [0.15, 0.2) is 0 Å². The highest BCUT2D eigenvalue weighted by atomic mass is 16.5. The summed E-state index contributed by atoms with van der Waals surface area (Å²) in [5.41, 5.74) is 3.87. The van der Waals surface area contributed by atoms with Crippen LogP contribution in [0, 0.1) is 0 Å². The molecule has 0 saturated carbocycles. The minimum Gasteiger partial charge on any atom is -0.491 e. The van der Waals surface area contributed by atoms with Crippen LogP contribution < -0.4 is 14.8 Å². The predicted octanol–water partition coefficient (Wildman–Crippen LogP) is 4.86. The standard InChI is InChI=1S/C27H28N2O4/c30-29-23-18-22-20-10-4-6-12-24(20)32-16-14-31-15-17-33-25-13-7-5-11-21(25)27(28-22)26(23)19-8-2-1-3-9-19/h1-13,22,26-28,30H,14-18H2/b29-23+. The van der Waals surface area contributed by atoms with E-state index in [9.17, 15) is 5.21 Å². The van der Waals surface area contributed by atoms with Crippen LogP contribution in [0.15, 0.2) is 84.0 Å². The van der Waals surface area contributed by atoms with E-state index in [2.05, 4.69) is 34.7 Å². The molecule has 0 spiro atoms.